The molecule has 2 saturated heterocycles. The van der Waals surface area contributed by atoms with Crippen LogP contribution in [0.25, 0.3) is 11.6 Å². The Balaban J connectivity index is 1.75. The van der Waals surface area contributed by atoms with Crippen LogP contribution in [-0.2, 0) is 4.79 Å². The van der Waals surface area contributed by atoms with Gasteiger partial charge < -0.3 is 20.5 Å². The number of aromatic amines is 1. The molecule has 0 spiro atoms. The van der Waals surface area contributed by atoms with E-state index in [1.165, 1.54) is 11.8 Å². The Bertz CT molecular complexity index is 1130. The highest BCUT2D eigenvalue weighted by atomic mass is 16.2. The van der Waals surface area contributed by atoms with Crippen molar-refractivity contribution in [2.75, 3.05) is 26.2 Å². The van der Waals surface area contributed by atoms with Gasteiger partial charge in [-0.25, -0.2) is 9.59 Å². The van der Waals surface area contributed by atoms with Gasteiger partial charge in [0, 0.05) is 44.6 Å². The molecular weight excluding hydrogens is 430 g/mol. The molecule has 8 nitrogen and oxygen atoms in total. The van der Waals surface area contributed by atoms with Gasteiger partial charge >= 0.3 is 11.7 Å². The van der Waals surface area contributed by atoms with Crippen LogP contribution in [0.15, 0.2) is 40.9 Å². The molecule has 2 amide bonds. The highest BCUT2D eigenvalue weighted by Gasteiger charge is 2.36. The minimum absolute atomic E-state index is 0.0454. The van der Waals surface area contributed by atoms with Crippen molar-refractivity contribution in [3.05, 3.63) is 57.9 Å². The number of nitrogens with two attached hydrogens (primary N) is 1. The number of carbonyl (C=O) groups is 2. The van der Waals surface area contributed by atoms with Gasteiger partial charge in [0.2, 0.25) is 0 Å². The summed E-state index contributed by atoms with van der Waals surface area (Å²) in [6, 6.07) is -0.229. The number of hydrogen-bond donors (Lipinski definition) is 2. The van der Waals surface area contributed by atoms with Gasteiger partial charge in [0.05, 0.1) is 17.4 Å². The van der Waals surface area contributed by atoms with Crippen molar-refractivity contribution in [2.45, 2.75) is 52.0 Å². The van der Waals surface area contributed by atoms with Gasteiger partial charge in [0.15, 0.2) is 0 Å². The normalized spacial score (nSPS) is 24.1. The fraction of sp³-hybridized carbons (Fsp3) is 0.500. The number of aromatic nitrogens is 2. The average molecular weight is 466 g/mol. The third-order valence-electron chi connectivity index (χ3n) is 7.36. The SMILES string of the molecule is C=CC1=C(/C=C\N)c2c([nH]c(=O)n2C2CN(C(=O)N3CCC(=O)CC3)CC[C@H]2C)C=C(C)CC1. The molecule has 8 heteroatoms. The van der Waals surface area contributed by atoms with Crippen LogP contribution in [0.3, 0.4) is 0 Å². The second kappa shape index (κ2) is 9.91. The Morgan fingerprint density at radius 2 is 1.88 bits per heavy atom. The average Bonchev–Trinajstić information content (AvgIpc) is 3.12. The van der Waals surface area contributed by atoms with Gasteiger partial charge in [0.25, 0.3) is 0 Å². The molecule has 1 aromatic heterocycles. The van der Waals surface area contributed by atoms with Gasteiger partial charge in [-0.3, -0.25) is 9.36 Å². The first-order valence-corrected chi connectivity index (χ1v) is 12.2. The van der Waals surface area contributed by atoms with E-state index in [4.69, 9.17) is 5.73 Å². The quantitative estimate of drug-likeness (QED) is 0.713. The maximum atomic E-state index is 13.4. The first kappa shape index (κ1) is 23.9. The molecule has 34 heavy (non-hydrogen) atoms. The fourth-order valence-corrected chi connectivity index (χ4v) is 5.30. The summed E-state index contributed by atoms with van der Waals surface area (Å²) < 4.78 is 1.83. The lowest BCUT2D eigenvalue weighted by molar-refractivity contribution is -0.121. The summed E-state index contributed by atoms with van der Waals surface area (Å²) >= 11 is 0. The van der Waals surface area contributed by atoms with E-state index in [-0.39, 0.29) is 29.5 Å². The number of nitrogens with zero attached hydrogens (tertiary/aromatic N) is 3. The van der Waals surface area contributed by atoms with E-state index in [2.05, 4.69) is 25.4 Å². The van der Waals surface area contributed by atoms with Gasteiger partial charge in [-0.05, 0) is 56.0 Å². The van der Waals surface area contributed by atoms with Crippen molar-refractivity contribution in [3.63, 3.8) is 0 Å². The molecule has 3 aliphatic rings. The monoisotopic (exact) mass is 465 g/mol. The van der Waals surface area contributed by atoms with Crippen LogP contribution in [0.5, 0.6) is 0 Å². The molecular formula is C26H35N5O3. The van der Waals surface area contributed by atoms with Crippen LogP contribution in [0.1, 0.15) is 63.4 Å². The topological polar surface area (TPSA) is 104 Å². The van der Waals surface area contributed by atoms with Crippen molar-refractivity contribution in [2.24, 2.45) is 11.7 Å². The maximum absolute atomic E-state index is 13.4. The standard InChI is InChI=1S/C26H35N5O3/c1-4-19-6-5-17(2)15-22-24(21(19)7-11-27)31(25(33)28-22)23-16-30(12-8-18(23)3)26(34)29-13-9-20(32)10-14-29/h4,7,11,15,18,23H,1,5-6,8-10,12-14,16,27H2,2-3H3,(H,28,33)/b11-7-,17-15?,21-19?/t18-,23?/m1/s1. The molecule has 182 valence electrons. The molecule has 1 aromatic rings. The number of fused-ring (bicyclic) bond motifs is 1. The number of allylic oxidation sites excluding steroid dienone is 5. The number of piperidine rings is 2. The van der Waals surface area contributed by atoms with Crippen LogP contribution in [0.4, 0.5) is 4.79 Å². The van der Waals surface area contributed by atoms with Gasteiger partial charge in [-0.2, -0.15) is 0 Å². The summed E-state index contributed by atoms with van der Waals surface area (Å²) in [5.41, 5.74) is 10.3. The number of nitrogens with one attached hydrogen (secondary N) is 1. The van der Waals surface area contributed by atoms with Crippen molar-refractivity contribution < 1.29 is 9.59 Å². The molecule has 3 N–H and O–H groups in total. The Morgan fingerprint density at radius 1 is 1.15 bits per heavy atom. The zero-order valence-electron chi connectivity index (χ0n) is 20.2. The molecule has 0 radical (unpaired) electrons. The minimum atomic E-state index is -0.183. The lowest BCUT2D eigenvalue weighted by Gasteiger charge is -2.41. The van der Waals surface area contributed by atoms with Crippen LogP contribution >= 0.6 is 0 Å². The molecule has 0 saturated carbocycles. The largest absolute Gasteiger partial charge is 0.405 e. The van der Waals surface area contributed by atoms with Gasteiger partial charge in [0.1, 0.15) is 5.78 Å². The molecule has 0 aromatic carbocycles. The highest BCUT2D eigenvalue weighted by molar-refractivity contribution is 5.83. The van der Waals surface area contributed by atoms with Crippen molar-refractivity contribution in [3.8, 4) is 0 Å². The Labute approximate surface area is 200 Å². The van der Waals surface area contributed by atoms with E-state index in [0.717, 1.165) is 41.8 Å². The molecule has 2 fully saturated rings. The first-order chi connectivity index (χ1) is 16.3. The summed E-state index contributed by atoms with van der Waals surface area (Å²) in [5, 5.41) is 0. The molecule has 1 aliphatic carbocycles. The Morgan fingerprint density at radius 3 is 2.56 bits per heavy atom. The number of Topliss-reactive ketones (excluding diaryl/α,β-unsaturated/α-hetero) is 1. The number of amides is 2. The molecule has 2 aliphatic heterocycles. The second-order valence-electron chi connectivity index (χ2n) is 9.64. The smallest absolute Gasteiger partial charge is 0.326 e. The van der Waals surface area contributed by atoms with Crippen molar-refractivity contribution in [1.29, 1.82) is 0 Å². The summed E-state index contributed by atoms with van der Waals surface area (Å²) in [7, 11) is 0. The van der Waals surface area contributed by atoms with E-state index < -0.39 is 0 Å². The number of imidazole rings is 1. The summed E-state index contributed by atoms with van der Waals surface area (Å²) in [4.78, 5) is 44.9. The minimum Gasteiger partial charge on any atom is -0.405 e. The van der Waals surface area contributed by atoms with Crippen LogP contribution in [0, 0.1) is 5.92 Å². The molecule has 2 atom stereocenters. The first-order valence-electron chi connectivity index (χ1n) is 12.2. The third-order valence-corrected chi connectivity index (χ3v) is 7.36. The van der Waals surface area contributed by atoms with E-state index in [1.54, 1.807) is 4.90 Å². The number of likely N-dealkylation sites (tertiary alicyclic amines) is 2. The van der Waals surface area contributed by atoms with Crippen molar-refractivity contribution >= 4 is 23.5 Å². The Kier molecular flexibility index (Phi) is 6.95. The maximum Gasteiger partial charge on any atom is 0.326 e. The van der Waals surface area contributed by atoms with E-state index in [1.807, 2.05) is 27.7 Å². The highest BCUT2D eigenvalue weighted by Crippen LogP contribution is 2.36. The number of urea groups is 1. The fourth-order valence-electron chi connectivity index (χ4n) is 5.30. The Hall–Kier alpha value is -3.29. The van der Waals surface area contributed by atoms with Crippen LogP contribution < -0.4 is 11.4 Å². The van der Waals surface area contributed by atoms with Crippen LogP contribution in [-0.4, -0.2) is 57.3 Å². The third kappa shape index (κ3) is 4.54. The van der Waals surface area contributed by atoms with Crippen LogP contribution in [0.2, 0.25) is 0 Å². The number of carbonyl (C=O) groups excluding carboxylic acids is 2. The molecule has 3 heterocycles. The molecule has 1 unspecified atom stereocenters. The van der Waals surface area contributed by atoms with E-state index in [9.17, 15) is 14.4 Å². The lowest BCUT2D eigenvalue weighted by atomic mass is 9.90. The summed E-state index contributed by atoms with van der Waals surface area (Å²) in [6.07, 6.45) is 10.5. The molecule has 0 bridgehead atoms. The van der Waals surface area contributed by atoms with Gasteiger partial charge in [-0.1, -0.05) is 25.2 Å². The molecule has 4 rings (SSSR count). The lowest BCUT2D eigenvalue weighted by Crippen LogP contribution is -2.52. The zero-order chi connectivity index (χ0) is 24.4. The predicted molar refractivity (Wildman–Crippen MR) is 134 cm³/mol. The number of hydrogen-bond acceptors (Lipinski definition) is 4. The number of H-pyrrole nitrogens is 1. The second-order valence-corrected chi connectivity index (χ2v) is 9.64. The number of ketones is 1. The summed E-state index contributed by atoms with van der Waals surface area (Å²) in [6.45, 7) is 10.2. The van der Waals surface area contributed by atoms with E-state index in [0.29, 0.717) is 39.0 Å². The van der Waals surface area contributed by atoms with Gasteiger partial charge in [-0.15, -0.1) is 0 Å². The number of rotatable bonds is 3. The predicted octanol–water partition coefficient (Wildman–Crippen LogP) is 3.45. The van der Waals surface area contributed by atoms with E-state index >= 15 is 0 Å². The van der Waals surface area contributed by atoms with Crippen molar-refractivity contribution in [1.82, 2.24) is 19.4 Å². The zero-order valence-corrected chi connectivity index (χ0v) is 20.2. The summed E-state index contributed by atoms with van der Waals surface area (Å²) in [5.74, 6) is 0.413.